The Balaban J connectivity index is 3.09. The molecule has 0 bridgehead atoms. The predicted octanol–water partition coefficient (Wildman–Crippen LogP) is 0.344. The standard InChI is InChI=1S/C6H15NO2/c1-3-6(8-2)9-5-4-7/h6H,3-5,7H2,1-2H3. The zero-order valence-corrected chi connectivity index (χ0v) is 6.09. The fourth-order valence-electron chi connectivity index (χ4n) is 0.552. The summed E-state index contributed by atoms with van der Waals surface area (Å²) in [6.07, 6.45) is 0.796. The summed E-state index contributed by atoms with van der Waals surface area (Å²) in [6.45, 7) is 3.14. The van der Waals surface area contributed by atoms with Crippen molar-refractivity contribution in [2.45, 2.75) is 19.6 Å². The molecule has 9 heavy (non-hydrogen) atoms. The summed E-state index contributed by atoms with van der Waals surface area (Å²) in [6, 6.07) is 0. The van der Waals surface area contributed by atoms with Crippen molar-refractivity contribution in [3.63, 3.8) is 0 Å². The van der Waals surface area contributed by atoms with E-state index < -0.39 is 0 Å². The van der Waals surface area contributed by atoms with Crippen LogP contribution in [0.4, 0.5) is 0 Å². The molecule has 0 aromatic carbocycles. The van der Waals surface area contributed by atoms with Crippen LogP contribution in [0.2, 0.25) is 0 Å². The summed E-state index contributed by atoms with van der Waals surface area (Å²) in [5.41, 5.74) is 5.21. The summed E-state index contributed by atoms with van der Waals surface area (Å²) < 4.78 is 10.1. The molecule has 0 aliphatic carbocycles. The molecule has 0 fully saturated rings. The van der Waals surface area contributed by atoms with Crippen LogP contribution < -0.4 is 5.73 Å². The first-order valence-electron chi connectivity index (χ1n) is 3.19. The van der Waals surface area contributed by atoms with Gasteiger partial charge in [0.1, 0.15) is 0 Å². The lowest BCUT2D eigenvalue weighted by Gasteiger charge is -2.12. The Morgan fingerprint density at radius 1 is 1.56 bits per heavy atom. The maximum Gasteiger partial charge on any atom is 0.156 e. The maximum atomic E-state index is 5.21. The van der Waals surface area contributed by atoms with E-state index in [4.69, 9.17) is 15.2 Å². The van der Waals surface area contributed by atoms with Crippen LogP contribution in [0.25, 0.3) is 0 Å². The van der Waals surface area contributed by atoms with E-state index in [2.05, 4.69) is 0 Å². The van der Waals surface area contributed by atoms with E-state index in [1.54, 1.807) is 7.11 Å². The van der Waals surface area contributed by atoms with Gasteiger partial charge in [-0.3, -0.25) is 0 Å². The van der Waals surface area contributed by atoms with Gasteiger partial charge in [0.25, 0.3) is 0 Å². The highest BCUT2D eigenvalue weighted by molar-refractivity contribution is 4.38. The minimum absolute atomic E-state index is 0.0754. The number of rotatable bonds is 5. The molecule has 3 nitrogen and oxygen atoms in total. The fourth-order valence-corrected chi connectivity index (χ4v) is 0.552. The molecule has 0 saturated heterocycles. The van der Waals surface area contributed by atoms with Crippen LogP contribution in [0.15, 0.2) is 0 Å². The highest BCUT2D eigenvalue weighted by atomic mass is 16.7. The van der Waals surface area contributed by atoms with E-state index in [1.165, 1.54) is 0 Å². The Morgan fingerprint density at radius 2 is 2.22 bits per heavy atom. The summed E-state index contributed by atoms with van der Waals surface area (Å²) >= 11 is 0. The van der Waals surface area contributed by atoms with Gasteiger partial charge in [-0.2, -0.15) is 0 Å². The maximum absolute atomic E-state index is 5.21. The van der Waals surface area contributed by atoms with Crippen molar-refractivity contribution in [1.82, 2.24) is 0 Å². The van der Waals surface area contributed by atoms with Gasteiger partial charge >= 0.3 is 0 Å². The average Bonchev–Trinajstić information content (AvgIpc) is 1.91. The molecule has 0 amide bonds. The molecule has 0 radical (unpaired) electrons. The normalized spacial score (nSPS) is 13.7. The lowest BCUT2D eigenvalue weighted by molar-refractivity contribution is -0.122. The number of ether oxygens (including phenoxy) is 2. The topological polar surface area (TPSA) is 44.5 Å². The molecule has 0 aliphatic rings. The Labute approximate surface area is 56.1 Å². The summed E-state index contributed by atoms with van der Waals surface area (Å²) in [7, 11) is 1.63. The average molecular weight is 133 g/mol. The molecule has 1 atom stereocenters. The second-order valence-corrected chi connectivity index (χ2v) is 1.73. The SMILES string of the molecule is CCC(OC)OCCN. The van der Waals surface area contributed by atoms with Crippen LogP contribution in [0.1, 0.15) is 13.3 Å². The van der Waals surface area contributed by atoms with E-state index in [1.807, 2.05) is 6.92 Å². The smallest absolute Gasteiger partial charge is 0.156 e. The van der Waals surface area contributed by atoms with Crippen molar-refractivity contribution in [2.24, 2.45) is 5.73 Å². The first-order valence-corrected chi connectivity index (χ1v) is 3.19. The summed E-state index contributed by atoms with van der Waals surface area (Å²) in [5, 5.41) is 0. The number of hydrogen-bond acceptors (Lipinski definition) is 3. The van der Waals surface area contributed by atoms with Gasteiger partial charge in [-0.25, -0.2) is 0 Å². The second kappa shape index (κ2) is 6.01. The third kappa shape index (κ3) is 4.39. The minimum atomic E-state index is -0.0754. The predicted molar refractivity (Wildman–Crippen MR) is 36.1 cm³/mol. The van der Waals surface area contributed by atoms with Crippen molar-refractivity contribution in [2.75, 3.05) is 20.3 Å². The molecule has 0 rings (SSSR count). The lowest BCUT2D eigenvalue weighted by Crippen LogP contribution is -2.18. The fraction of sp³-hybridized carbons (Fsp3) is 1.00. The molecule has 0 heterocycles. The molecule has 1 unspecified atom stereocenters. The Bertz CT molecular complexity index is 55.0. The third-order valence-electron chi connectivity index (χ3n) is 1.02. The van der Waals surface area contributed by atoms with Crippen molar-refractivity contribution < 1.29 is 9.47 Å². The molecule has 0 saturated carbocycles. The van der Waals surface area contributed by atoms with E-state index >= 15 is 0 Å². The molecule has 0 aromatic rings. The first-order chi connectivity index (χ1) is 4.35. The van der Waals surface area contributed by atoms with Crippen LogP contribution >= 0.6 is 0 Å². The number of nitrogens with two attached hydrogens (primary N) is 1. The minimum Gasteiger partial charge on any atom is -0.356 e. The lowest BCUT2D eigenvalue weighted by atomic mass is 10.5. The molecule has 0 aliphatic heterocycles. The summed E-state index contributed by atoms with van der Waals surface area (Å²) in [4.78, 5) is 0. The largest absolute Gasteiger partial charge is 0.356 e. The molecule has 0 aromatic heterocycles. The molecular formula is C6H15NO2. The molecule has 3 heteroatoms. The van der Waals surface area contributed by atoms with Crippen molar-refractivity contribution in [1.29, 1.82) is 0 Å². The van der Waals surface area contributed by atoms with Crippen LogP contribution in [0.3, 0.4) is 0 Å². The molecular weight excluding hydrogens is 118 g/mol. The quantitative estimate of drug-likeness (QED) is 0.550. The van der Waals surface area contributed by atoms with Crippen LogP contribution in [-0.4, -0.2) is 26.6 Å². The van der Waals surface area contributed by atoms with Gasteiger partial charge in [-0.1, -0.05) is 6.92 Å². The van der Waals surface area contributed by atoms with Gasteiger partial charge in [-0.05, 0) is 6.42 Å². The Morgan fingerprint density at radius 3 is 2.56 bits per heavy atom. The van der Waals surface area contributed by atoms with E-state index in [9.17, 15) is 0 Å². The van der Waals surface area contributed by atoms with Gasteiger partial charge in [0.05, 0.1) is 6.61 Å². The van der Waals surface area contributed by atoms with E-state index in [0.717, 1.165) is 6.42 Å². The van der Waals surface area contributed by atoms with E-state index in [0.29, 0.717) is 13.2 Å². The van der Waals surface area contributed by atoms with Crippen LogP contribution in [0.5, 0.6) is 0 Å². The van der Waals surface area contributed by atoms with Crippen molar-refractivity contribution in [3.05, 3.63) is 0 Å². The molecule has 0 spiro atoms. The van der Waals surface area contributed by atoms with Gasteiger partial charge in [0.15, 0.2) is 6.29 Å². The van der Waals surface area contributed by atoms with E-state index in [-0.39, 0.29) is 6.29 Å². The van der Waals surface area contributed by atoms with Crippen molar-refractivity contribution >= 4 is 0 Å². The monoisotopic (exact) mass is 133 g/mol. The highest BCUT2D eigenvalue weighted by Crippen LogP contribution is 1.96. The van der Waals surface area contributed by atoms with Crippen molar-refractivity contribution in [3.8, 4) is 0 Å². The van der Waals surface area contributed by atoms with Gasteiger partial charge in [-0.15, -0.1) is 0 Å². The zero-order chi connectivity index (χ0) is 7.11. The van der Waals surface area contributed by atoms with Gasteiger partial charge < -0.3 is 15.2 Å². The van der Waals surface area contributed by atoms with Crippen LogP contribution in [-0.2, 0) is 9.47 Å². The first kappa shape index (κ1) is 8.88. The van der Waals surface area contributed by atoms with Gasteiger partial charge in [0, 0.05) is 13.7 Å². The molecule has 56 valence electrons. The highest BCUT2D eigenvalue weighted by Gasteiger charge is 2.00. The number of methoxy groups -OCH3 is 1. The second-order valence-electron chi connectivity index (χ2n) is 1.73. The Hall–Kier alpha value is -0.120. The van der Waals surface area contributed by atoms with Crippen LogP contribution in [0, 0.1) is 0 Å². The summed E-state index contributed by atoms with van der Waals surface area (Å²) in [5.74, 6) is 0. The Kier molecular flexibility index (Phi) is 5.93. The van der Waals surface area contributed by atoms with Gasteiger partial charge in [0.2, 0.25) is 0 Å². The zero-order valence-electron chi connectivity index (χ0n) is 6.09. The number of hydrogen-bond donors (Lipinski definition) is 1. The molecule has 2 N–H and O–H groups in total. The third-order valence-corrected chi connectivity index (χ3v) is 1.02.